The summed E-state index contributed by atoms with van der Waals surface area (Å²) in [5.41, 5.74) is 0.0210. The molecule has 1 saturated carbocycles. The molecule has 1 N–H and O–H groups in total. The molecule has 0 amide bonds. The fourth-order valence-corrected chi connectivity index (χ4v) is 2.18. The number of hydrogen-bond acceptors (Lipinski definition) is 4. The van der Waals surface area contributed by atoms with Crippen LogP contribution in [0, 0.1) is 11.2 Å². The van der Waals surface area contributed by atoms with Crippen molar-refractivity contribution < 1.29 is 14.3 Å². The highest BCUT2D eigenvalue weighted by Crippen LogP contribution is 2.47. The van der Waals surface area contributed by atoms with Gasteiger partial charge in [0.2, 0.25) is 0 Å². The summed E-state index contributed by atoms with van der Waals surface area (Å²) in [5.74, 6) is -0.585. The van der Waals surface area contributed by atoms with Crippen LogP contribution in [0.2, 0.25) is 0 Å². The van der Waals surface area contributed by atoms with Gasteiger partial charge in [0.15, 0.2) is 5.82 Å². The van der Waals surface area contributed by atoms with Gasteiger partial charge in [-0.05, 0) is 41.0 Å². The number of tetrazole rings is 1. The molecule has 0 radical (unpaired) electrons. The van der Waals surface area contributed by atoms with Gasteiger partial charge in [-0.2, -0.15) is 0 Å². The highest BCUT2D eigenvalue weighted by molar-refractivity contribution is 5.77. The van der Waals surface area contributed by atoms with Crippen LogP contribution in [-0.4, -0.2) is 31.3 Å². The lowest BCUT2D eigenvalue weighted by Gasteiger charge is -2.10. The summed E-state index contributed by atoms with van der Waals surface area (Å²) in [7, 11) is 0. The average Bonchev–Trinajstić information content (AvgIpc) is 3.06. The second-order valence-corrected chi connectivity index (χ2v) is 5.14. The lowest BCUT2D eigenvalue weighted by atomic mass is 10.1. The first-order valence-electron chi connectivity index (χ1n) is 6.32. The van der Waals surface area contributed by atoms with E-state index in [1.54, 1.807) is 12.1 Å². The number of nitrogens with zero attached hydrogens (tertiary/aromatic N) is 4. The van der Waals surface area contributed by atoms with Crippen LogP contribution in [0.1, 0.15) is 24.2 Å². The van der Waals surface area contributed by atoms with Gasteiger partial charge in [0, 0.05) is 6.42 Å². The van der Waals surface area contributed by atoms with Gasteiger partial charge < -0.3 is 5.11 Å². The Kier molecular flexibility index (Phi) is 2.96. The number of rotatable bonds is 5. The summed E-state index contributed by atoms with van der Waals surface area (Å²) in [6.07, 6.45) is 1.66. The monoisotopic (exact) mass is 276 g/mol. The van der Waals surface area contributed by atoms with Crippen molar-refractivity contribution >= 4 is 5.97 Å². The lowest BCUT2D eigenvalue weighted by Crippen LogP contribution is -2.23. The summed E-state index contributed by atoms with van der Waals surface area (Å²) in [6.45, 7) is 0.264. The summed E-state index contributed by atoms with van der Waals surface area (Å²) in [5, 5.41) is 20.5. The Morgan fingerprint density at radius 1 is 1.45 bits per heavy atom. The van der Waals surface area contributed by atoms with E-state index in [2.05, 4.69) is 15.5 Å². The van der Waals surface area contributed by atoms with Crippen LogP contribution < -0.4 is 0 Å². The first-order valence-corrected chi connectivity index (χ1v) is 6.32. The fraction of sp³-hybridized carbons (Fsp3) is 0.385. The third kappa shape index (κ3) is 2.38. The third-order valence-electron chi connectivity index (χ3n) is 3.62. The predicted molar refractivity (Wildman–Crippen MR) is 66.3 cm³/mol. The number of carboxylic acid groups (broad SMARTS) is 1. The smallest absolute Gasteiger partial charge is 0.311 e. The molecule has 1 fully saturated rings. The van der Waals surface area contributed by atoms with Gasteiger partial charge in [0.25, 0.3) is 0 Å². The molecule has 1 heterocycles. The minimum Gasteiger partial charge on any atom is -0.481 e. The van der Waals surface area contributed by atoms with Gasteiger partial charge in [-0.25, -0.2) is 9.07 Å². The van der Waals surface area contributed by atoms with Gasteiger partial charge in [-0.3, -0.25) is 4.79 Å². The van der Waals surface area contributed by atoms with Crippen molar-refractivity contribution in [1.29, 1.82) is 0 Å². The van der Waals surface area contributed by atoms with Crippen molar-refractivity contribution in [2.75, 3.05) is 0 Å². The van der Waals surface area contributed by atoms with E-state index >= 15 is 0 Å². The minimum absolute atomic E-state index is 0.264. The van der Waals surface area contributed by atoms with Crippen molar-refractivity contribution in [2.24, 2.45) is 5.41 Å². The molecule has 6 nitrogen and oxygen atoms in total. The number of hydrogen-bond donors (Lipinski definition) is 1. The summed E-state index contributed by atoms with van der Waals surface area (Å²) < 4.78 is 14.7. The molecule has 1 aliphatic carbocycles. The quantitative estimate of drug-likeness (QED) is 0.889. The van der Waals surface area contributed by atoms with Crippen LogP contribution >= 0.6 is 0 Å². The maximum absolute atomic E-state index is 13.1. The molecule has 2 aromatic rings. The predicted octanol–water partition coefficient (Wildman–Crippen LogP) is 1.27. The topological polar surface area (TPSA) is 80.9 Å². The normalized spacial score (nSPS) is 16.1. The molecule has 0 bridgehead atoms. The van der Waals surface area contributed by atoms with Gasteiger partial charge >= 0.3 is 5.97 Å². The number of aliphatic carboxylic acids is 1. The molecule has 0 aliphatic heterocycles. The molecule has 20 heavy (non-hydrogen) atoms. The molecule has 104 valence electrons. The molecule has 3 rings (SSSR count). The van der Waals surface area contributed by atoms with E-state index < -0.39 is 11.4 Å². The summed E-state index contributed by atoms with van der Waals surface area (Å²) in [4.78, 5) is 11.2. The van der Waals surface area contributed by atoms with E-state index in [-0.39, 0.29) is 12.4 Å². The lowest BCUT2D eigenvalue weighted by molar-refractivity contribution is -0.144. The first kappa shape index (κ1) is 12.7. The number of aromatic nitrogens is 4. The van der Waals surface area contributed by atoms with Crippen molar-refractivity contribution in [3.63, 3.8) is 0 Å². The number of carbonyl (C=O) groups is 1. The van der Waals surface area contributed by atoms with Crippen LogP contribution in [0.5, 0.6) is 0 Å². The number of carboxylic acids is 1. The maximum Gasteiger partial charge on any atom is 0.311 e. The highest BCUT2D eigenvalue weighted by Gasteiger charge is 2.51. The van der Waals surface area contributed by atoms with E-state index in [4.69, 9.17) is 0 Å². The largest absolute Gasteiger partial charge is 0.481 e. The van der Waals surface area contributed by atoms with Crippen LogP contribution in [0.15, 0.2) is 24.3 Å². The zero-order valence-corrected chi connectivity index (χ0v) is 10.7. The van der Waals surface area contributed by atoms with Crippen molar-refractivity contribution in [1.82, 2.24) is 20.2 Å². The van der Waals surface area contributed by atoms with Crippen molar-refractivity contribution in [2.45, 2.75) is 25.8 Å². The fourth-order valence-electron chi connectivity index (χ4n) is 2.18. The van der Waals surface area contributed by atoms with E-state index in [0.717, 1.165) is 5.56 Å². The Labute approximate surface area is 114 Å². The van der Waals surface area contributed by atoms with Gasteiger partial charge in [-0.1, -0.05) is 12.1 Å². The molecule has 0 spiro atoms. The Bertz CT molecular complexity index is 651. The number of halogens is 1. The van der Waals surface area contributed by atoms with Crippen LogP contribution in [-0.2, 0) is 17.8 Å². The second-order valence-electron chi connectivity index (χ2n) is 5.14. The van der Waals surface area contributed by atoms with E-state index in [1.807, 2.05) is 0 Å². The molecule has 0 atom stereocenters. The zero-order chi connectivity index (χ0) is 14.2. The van der Waals surface area contributed by atoms with Gasteiger partial charge in [0.05, 0.1) is 12.0 Å². The molecular weight excluding hydrogens is 263 g/mol. The summed E-state index contributed by atoms with van der Waals surface area (Å²) >= 11 is 0. The zero-order valence-electron chi connectivity index (χ0n) is 10.7. The molecule has 0 saturated heterocycles. The Morgan fingerprint density at radius 3 is 2.90 bits per heavy atom. The average molecular weight is 276 g/mol. The molecule has 0 unspecified atom stereocenters. The Hall–Kier alpha value is -2.31. The number of benzene rings is 1. The van der Waals surface area contributed by atoms with Crippen molar-refractivity contribution in [3.8, 4) is 0 Å². The third-order valence-corrected chi connectivity index (χ3v) is 3.62. The van der Waals surface area contributed by atoms with Crippen LogP contribution in [0.4, 0.5) is 4.39 Å². The van der Waals surface area contributed by atoms with Gasteiger partial charge in [-0.15, -0.1) is 5.10 Å². The molecule has 7 heteroatoms. The molecular formula is C13H13FN4O2. The molecule has 1 aromatic heterocycles. The van der Waals surface area contributed by atoms with Gasteiger partial charge in [0.1, 0.15) is 5.82 Å². The first-order chi connectivity index (χ1) is 9.59. The van der Waals surface area contributed by atoms with Crippen LogP contribution in [0.3, 0.4) is 0 Å². The Balaban J connectivity index is 1.79. The van der Waals surface area contributed by atoms with E-state index in [9.17, 15) is 14.3 Å². The maximum atomic E-state index is 13.1. The molecule has 1 aliphatic rings. The highest BCUT2D eigenvalue weighted by atomic mass is 19.1. The standard InChI is InChI=1S/C13H13FN4O2/c14-10-3-1-2-9(6-10)7-11-15-16-17-18(11)8-13(4-5-13)12(19)20/h1-3,6H,4-5,7-8H2,(H,19,20). The molecule has 1 aromatic carbocycles. The van der Waals surface area contributed by atoms with Crippen molar-refractivity contribution in [3.05, 3.63) is 41.5 Å². The van der Waals surface area contributed by atoms with E-state index in [0.29, 0.717) is 25.1 Å². The SMILES string of the molecule is O=C(O)C1(Cn2nnnc2Cc2cccc(F)c2)CC1. The Morgan fingerprint density at radius 2 is 2.25 bits per heavy atom. The van der Waals surface area contributed by atoms with E-state index in [1.165, 1.54) is 16.8 Å². The van der Waals surface area contributed by atoms with Crippen LogP contribution in [0.25, 0.3) is 0 Å². The summed E-state index contributed by atoms with van der Waals surface area (Å²) in [6, 6.07) is 6.20. The second kappa shape index (κ2) is 4.66. The minimum atomic E-state index is -0.815.